The molecule has 9 nitrogen and oxygen atoms in total. The maximum Gasteiger partial charge on any atom is 0.332 e. The molecule has 3 heterocycles. The number of nitrogens with one attached hydrogen (secondary N) is 1. The van der Waals surface area contributed by atoms with E-state index in [1.54, 1.807) is 20.9 Å². The van der Waals surface area contributed by atoms with Crippen LogP contribution in [0.5, 0.6) is 0 Å². The second-order valence-electron chi connectivity index (χ2n) is 10.4. The van der Waals surface area contributed by atoms with Gasteiger partial charge >= 0.3 is 6.03 Å². The largest absolute Gasteiger partial charge is 0.333 e. The van der Waals surface area contributed by atoms with Crippen molar-refractivity contribution in [2.45, 2.75) is 25.3 Å². The van der Waals surface area contributed by atoms with Crippen LogP contribution in [0.3, 0.4) is 0 Å². The lowest BCUT2D eigenvalue weighted by Gasteiger charge is -2.46. The minimum Gasteiger partial charge on any atom is -0.333 e. The van der Waals surface area contributed by atoms with E-state index in [1.165, 1.54) is 5.01 Å². The Morgan fingerprint density at radius 1 is 0.952 bits per heavy atom. The Labute approximate surface area is 244 Å². The molecule has 0 bridgehead atoms. The summed E-state index contributed by atoms with van der Waals surface area (Å²) in [5, 5.41) is 7.26. The first-order valence-corrected chi connectivity index (χ1v) is 14.0. The molecule has 0 aliphatic carbocycles. The predicted octanol–water partition coefficient (Wildman–Crippen LogP) is 4.10. The lowest BCUT2D eigenvalue weighted by Crippen LogP contribution is -2.62. The van der Waals surface area contributed by atoms with Crippen molar-refractivity contribution >= 4 is 28.7 Å². The molecular weight excluding hydrogens is 528 g/mol. The van der Waals surface area contributed by atoms with E-state index >= 15 is 0 Å². The standard InChI is InChI=1S/C33H32N6O3/c1-2-19-37(33(42)34-20-24-11-5-3-6-12-24)38-23-30(40)39-29(38)22-36(32(41)31(39)26-14-7-4-8-15-26)21-27-18-17-25-13-9-10-16-28(25)35-27/h2-18,29,31H,1,19-23H2,(H,34,42)/t29-,31+/m1/s1. The quantitative estimate of drug-likeness (QED) is 0.328. The van der Waals surface area contributed by atoms with Gasteiger partial charge in [0, 0.05) is 11.9 Å². The number of hydrogen-bond donors (Lipinski definition) is 1. The summed E-state index contributed by atoms with van der Waals surface area (Å²) >= 11 is 0. The molecule has 9 heteroatoms. The van der Waals surface area contributed by atoms with Gasteiger partial charge in [-0.05, 0) is 23.3 Å². The Morgan fingerprint density at radius 3 is 2.43 bits per heavy atom. The predicted molar refractivity (Wildman–Crippen MR) is 159 cm³/mol. The van der Waals surface area contributed by atoms with Gasteiger partial charge in [-0.25, -0.2) is 4.79 Å². The van der Waals surface area contributed by atoms with Crippen molar-refractivity contribution in [2.24, 2.45) is 0 Å². The number of fused-ring (bicyclic) bond motifs is 2. The van der Waals surface area contributed by atoms with Gasteiger partial charge in [0.15, 0.2) is 0 Å². The summed E-state index contributed by atoms with van der Waals surface area (Å²) in [6.07, 6.45) is 1.08. The number of urea groups is 1. The van der Waals surface area contributed by atoms with Gasteiger partial charge in [0.05, 0.1) is 37.4 Å². The number of hydrogen-bond acceptors (Lipinski definition) is 5. The number of carbonyl (C=O) groups excluding carboxylic acids is 3. The van der Waals surface area contributed by atoms with E-state index in [0.717, 1.165) is 27.7 Å². The summed E-state index contributed by atoms with van der Waals surface area (Å²) in [7, 11) is 0. The molecule has 2 saturated heterocycles. The van der Waals surface area contributed by atoms with Crippen LogP contribution in [0.1, 0.15) is 22.9 Å². The minimum atomic E-state index is -0.819. The van der Waals surface area contributed by atoms with Crippen molar-refractivity contribution in [1.82, 2.24) is 30.1 Å². The average molecular weight is 561 g/mol. The lowest BCUT2D eigenvalue weighted by molar-refractivity contribution is -0.158. The van der Waals surface area contributed by atoms with E-state index < -0.39 is 12.2 Å². The molecule has 4 aromatic rings. The second kappa shape index (κ2) is 11.8. The second-order valence-corrected chi connectivity index (χ2v) is 10.4. The Morgan fingerprint density at radius 2 is 1.67 bits per heavy atom. The van der Waals surface area contributed by atoms with E-state index in [4.69, 9.17) is 4.98 Å². The molecule has 1 aromatic heterocycles. The van der Waals surface area contributed by atoms with Crippen LogP contribution in [0.2, 0.25) is 0 Å². The van der Waals surface area contributed by atoms with Gasteiger partial charge in [0.2, 0.25) is 5.91 Å². The first-order chi connectivity index (χ1) is 20.5. The molecule has 42 heavy (non-hydrogen) atoms. The third-order valence-corrected chi connectivity index (χ3v) is 7.72. The highest BCUT2D eigenvalue weighted by atomic mass is 16.2. The van der Waals surface area contributed by atoms with E-state index in [-0.39, 0.29) is 44.0 Å². The van der Waals surface area contributed by atoms with Crippen molar-refractivity contribution < 1.29 is 14.4 Å². The summed E-state index contributed by atoms with van der Waals surface area (Å²) in [4.78, 5) is 49.3. The van der Waals surface area contributed by atoms with Crippen molar-refractivity contribution in [3.8, 4) is 0 Å². The molecule has 2 fully saturated rings. The van der Waals surface area contributed by atoms with Gasteiger partial charge < -0.3 is 15.1 Å². The topological polar surface area (TPSA) is 89.1 Å². The molecule has 212 valence electrons. The van der Waals surface area contributed by atoms with E-state index in [2.05, 4.69) is 11.9 Å². The smallest absolute Gasteiger partial charge is 0.332 e. The minimum absolute atomic E-state index is 0.0318. The molecule has 3 aromatic carbocycles. The number of para-hydroxylation sites is 1. The molecule has 2 aliphatic rings. The molecular formula is C33H32N6O3. The third kappa shape index (κ3) is 5.34. The molecule has 0 radical (unpaired) electrons. The normalized spacial score (nSPS) is 18.7. The summed E-state index contributed by atoms with van der Waals surface area (Å²) in [5.74, 6) is -0.387. The number of hydrazine groups is 1. The van der Waals surface area contributed by atoms with E-state index in [0.29, 0.717) is 6.54 Å². The molecule has 0 spiro atoms. The van der Waals surface area contributed by atoms with Crippen LogP contribution in [-0.4, -0.2) is 68.4 Å². The highest BCUT2D eigenvalue weighted by Crippen LogP contribution is 2.36. The van der Waals surface area contributed by atoms with Crippen molar-refractivity contribution in [1.29, 1.82) is 0 Å². The van der Waals surface area contributed by atoms with Gasteiger partial charge in [-0.2, -0.15) is 5.01 Å². The number of amides is 4. The zero-order valence-electron chi connectivity index (χ0n) is 23.2. The first kappa shape index (κ1) is 27.2. The molecule has 6 rings (SSSR count). The fraction of sp³-hybridized carbons (Fsp3) is 0.212. The Hall–Kier alpha value is -5.02. The fourth-order valence-corrected chi connectivity index (χ4v) is 5.72. The Bertz CT molecular complexity index is 1610. The third-order valence-electron chi connectivity index (χ3n) is 7.72. The zero-order chi connectivity index (χ0) is 29.1. The number of nitrogens with zero attached hydrogens (tertiary/aromatic N) is 5. The molecule has 2 aliphatic heterocycles. The SMILES string of the molecule is C=CCN(C(=O)NCc1ccccc1)N1CC(=O)N2[C@@H](c3ccccc3)C(=O)N(Cc3ccc4ccccc4n3)C[C@@H]21. The average Bonchev–Trinajstić information content (AvgIpc) is 3.34. The van der Waals surface area contributed by atoms with Gasteiger partial charge in [-0.3, -0.25) is 19.6 Å². The molecule has 2 atom stereocenters. The number of aromatic nitrogens is 1. The van der Waals surface area contributed by atoms with Crippen molar-refractivity contribution in [2.75, 3.05) is 19.6 Å². The monoisotopic (exact) mass is 560 g/mol. The first-order valence-electron chi connectivity index (χ1n) is 14.0. The van der Waals surface area contributed by atoms with Gasteiger partial charge in [0.25, 0.3) is 5.91 Å². The number of carbonyl (C=O) groups is 3. The summed E-state index contributed by atoms with van der Waals surface area (Å²) < 4.78 is 0. The van der Waals surface area contributed by atoms with E-state index in [1.807, 2.05) is 97.1 Å². The molecule has 1 N–H and O–H groups in total. The van der Waals surface area contributed by atoms with Crippen LogP contribution in [0.15, 0.2) is 110 Å². The van der Waals surface area contributed by atoms with Crippen molar-refractivity contribution in [3.05, 3.63) is 127 Å². The number of pyridine rings is 1. The van der Waals surface area contributed by atoms with E-state index in [9.17, 15) is 14.4 Å². The molecule has 0 unspecified atom stereocenters. The summed E-state index contributed by atoms with van der Waals surface area (Å²) in [5.41, 5.74) is 3.29. The summed E-state index contributed by atoms with van der Waals surface area (Å²) in [6, 6.07) is 29.6. The van der Waals surface area contributed by atoms with Gasteiger partial charge in [0.1, 0.15) is 12.2 Å². The van der Waals surface area contributed by atoms with Crippen LogP contribution in [0.4, 0.5) is 4.79 Å². The van der Waals surface area contributed by atoms with Crippen LogP contribution in [0.25, 0.3) is 10.9 Å². The summed E-state index contributed by atoms with van der Waals surface area (Å²) in [6.45, 7) is 4.86. The highest BCUT2D eigenvalue weighted by Gasteiger charge is 2.52. The fourth-order valence-electron chi connectivity index (χ4n) is 5.72. The highest BCUT2D eigenvalue weighted by molar-refractivity contribution is 5.92. The van der Waals surface area contributed by atoms with Crippen molar-refractivity contribution in [3.63, 3.8) is 0 Å². The Kier molecular flexibility index (Phi) is 7.66. The maximum atomic E-state index is 14.1. The van der Waals surface area contributed by atoms with Gasteiger partial charge in [-0.1, -0.05) is 91.0 Å². The van der Waals surface area contributed by atoms with Crippen LogP contribution in [0, 0.1) is 0 Å². The van der Waals surface area contributed by atoms with Crippen LogP contribution >= 0.6 is 0 Å². The molecule has 4 amide bonds. The molecule has 0 saturated carbocycles. The number of piperazine rings is 1. The number of rotatable bonds is 8. The maximum absolute atomic E-state index is 14.1. The zero-order valence-corrected chi connectivity index (χ0v) is 23.2. The number of benzene rings is 3. The Balaban J connectivity index is 1.31. The van der Waals surface area contributed by atoms with Gasteiger partial charge in [-0.15, -0.1) is 6.58 Å². The lowest BCUT2D eigenvalue weighted by atomic mass is 10.0. The van der Waals surface area contributed by atoms with Crippen LogP contribution in [-0.2, 0) is 22.7 Å². The van der Waals surface area contributed by atoms with Crippen LogP contribution < -0.4 is 5.32 Å².